The normalized spacial score (nSPS) is 13.7. The number of methoxy groups -OCH3 is 2. The van der Waals surface area contributed by atoms with E-state index in [-0.39, 0.29) is 5.91 Å². The van der Waals surface area contributed by atoms with Crippen LogP contribution in [-0.4, -0.2) is 79.0 Å². The van der Waals surface area contributed by atoms with Crippen LogP contribution in [0, 0.1) is 0 Å². The maximum absolute atomic E-state index is 12.6. The molecule has 0 bridgehead atoms. The van der Waals surface area contributed by atoms with Crippen LogP contribution >= 0.6 is 0 Å². The van der Waals surface area contributed by atoms with Gasteiger partial charge in [0.25, 0.3) is 5.91 Å². The number of piperazine rings is 1. The second-order valence-corrected chi connectivity index (χ2v) is 6.57. The van der Waals surface area contributed by atoms with E-state index in [2.05, 4.69) is 15.3 Å². The third kappa shape index (κ3) is 5.13. The molecular formula is C20H25N5O4. The lowest BCUT2D eigenvalue weighted by molar-refractivity contribution is -0.119. The fraction of sp³-hybridized carbons (Fsp3) is 0.400. The smallest absolute Gasteiger partial charge is 0.272 e. The molecule has 0 unspecified atom stereocenters. The van der Waals surface area contributed by atoms with Gasteiger partial charge >= 0.3 is 0 Å². The van der Waals surface area contributed by atoms with Crippen LogP contribution in [0.2, 0.25) is 0 Å². The number of nitrogens with one attached hydrogen (secondary N) is 1. The average molecular weight is 399 g/mol. The van der Waals surface area contributed by atoms with Gasteiger partial charge in [0.1, 0.15) is 5.69 Å². The minimum atomic E-state index is -0.152. The van der Waals surface area contributed by atoms with Crippen molar-refractivity contribution in [1.29, 1.82) is 0 Å². The molecule has 1 saturated heterocycles. The number of hydrogen-bond acceptors (Lipinski definition) is 7. The van der Waals surface area contributed by atoms with Crippen LogP contribution in [0.15, 0.2) is 30.5 Å². The predicted molar refractivity (Wildman–Crippen MR) is 107 cm³/mol. The Morgan fingerprint density at radius 1 is 1.14 bits per heavy atom. The van der Waals surface area contributed by atoms with Crippen LogP contribution in [0.25, 0.3) is 0 Å². The molecule has 1 aliphatic rings. The zero-order valence-electron chi connectivity index (χ0n) is 16.6. The molecule has 1 aromatic carbocycles. The van der Waals surface area contributed by atoms with E-state index >= 15 is 0 Å². The topological polar surface area (TPSA) is 96.9 Å². The van der Waals surface area contributed by atoms with Gasteiger partial charge in [-0.15, -0.1) is 0 Å². The first-order valence-corrected chi connectivity index (χ1v) is 9.41. The second kappa shape index (κ2) is 9.72. The fourth-order valence-corrected chi connectivity index (χ4v) is 3.11. The maximum Gasteiger partial charge on any atom is 0.272 e. The van der Waals surface area contributed by atoms with Crippen molar-refractivity contribution in [1.82, 2.24) is 19.8 Å². The lowest BCUT2D eigenvalue weighted by atomic mass is 10.1. The number of benzene rings is 1. The first-order chi connectivity index (χ1) is 14.1. The molecule has 1 aliphatic heterocycles. The molecule has 1 aromatic heterocycles. The third-order valence-corrected chi connectivity index (χ3v) is 4.77. The second-order valence-electron chi connectivity index (χ2n) is 6.57. The van der Waals surface area contributed by atoms with Crippen molar-refractivity contribution in [3.05, 3.63) is 41.7 Å². The maximum atomic E-state index is 12.6. The Kier molecular flexibility index (Phi) is 6.83. The van der Waals surface area contributed by atoms with E-state index in [1.807, 2.05) is 18.2 Å². The quantitative estimate of drug-likeness (QED) is 0.663. The van der Waals surface area contributed by atoms with Crippen LogP contribution in [0.5, 0.6) is 11.5 Å². The van der Waals surface area contributed by atoms with Gasteiger partial charge < -0.3 is 24.6 Å². The van der Waals surface area contributed by atoms with Gasteiger partial charge in [0.05, 0.1) is 14.2 Å². The van der Waals surface area contributed by atoms with Crippen LogP contribution in [-0.2, 0) is 11.2 Å². The molecule has 3 rings (SSSR count). The summed E-state index contributed by atoms with van der Waals surface area (Å²) < 4.78 is 10.6. The number of carbonyl (C=O) groups excluding carboxylic acids is 2. The van der Waals surface area contributed by atoms with Crippen molar-refractivity contribution in [2.24, 2.45) is 0 Å². The highest BCUT2D eigenvalue weighted by Gasteiger charge is 2.22. The molecule has 2 aromatic rings. The van der Waals surface area contributed by atoms with Crippen molar-refractivity contribution in [2.75, 3.05) is 52.3 Å². The van der Waals surface area contributed by atoms with Crippen molar-refractivity contribution in [3.63, 3.8) is 0 Å². The molecule has 2 amide bonds. The number of amides is 2. The monoisotopic (exact) mass is 399 g/mol. The molecule has 1 fully saturated rings. The molecule has 0 atom stereocenters. The van der Waals surface area contributed by atoms with Gasteiger partial charge in [-0.25, -0.2) is 9.97 Å². The van der Waals surface area contributed by atoms with Crippen molar-refractivity contribution in [3.8, 4) is 11.5 Å². The summed E-state index contributed by atoms with van der Waals surface area (Å²) in [7, 11) is 3.21. The summed E-state index contributed by atoms with van der Waals surface area (Å²) in [5.74, 6) is 1.62. The van der Waals surface area contributed by atoms with E-state index in [0.29, 0.717) is 55.9 Å². The first kappa shape index (κ1) is 20.4. The Morgan fingerprint density at radius 2 is 1.90 bits per heavy atom. The van der Waals surface area contributed by atoms with Gasteiger partial charge in [0, 0.05) is 38.9 Å². The average Bonchev–Trinajstić information content (AvgIpc) is 2.78. The van der Waals surface area contributed by atoms with Gasteiger partial charge in [-0.05, 0) is 30.2 Å². The number of nitrogens with zero attached hydrogens (tertiary/aromatic N) is 4. The van der Waals surface area contributed by atoms with E-state index in [1.54, 1.807) is 36.3 Å². The molecule has 0 saturated carbocycles. The number of anilines is 1. The van der Waals surface area contributed by atoms with Crippen LogP contribution in [0.4, 0.5) is 5.95 Å². The highest BCUT2D eigenvalue weighted by Crippen LogP contribution is 2.27. The largest absolute Gasteiger partial charge is 0.493 e. The van der Waals surface area contributed by atoms with Gasteiger partial charge in [-0.3, -0.25) is 9.59 Å². The lowest BCUT2D eigenvalue weighted by Gasteiger charge is -2.32. The van der Waals surface area contributed by atoms with E-state index in [4.69, 9.17) is 9.47 Å². The number of rotatable bonds is 8. The first-order valence-electron chi connectivity index (χ1n) is 9.41. The van der Waals surface area contributed by atoms with E-state index < -0.39 is 0 Å². The molecular weight excluding hydrogens is 374 g/mol. The Hall–Kier alpha value is -3.36. The van der Waals surface area contributed by atoms with Crippen molar-refractivity contribution >= 4 is 18.3 Å². The van der Waals surface area contributed by atoms with E-state index in [9.17, 15) is 9.59 Å². The fourth-order valence-electron chi connectivity index (χ4n) is 3.11. The summed E-state index contributed by atoms with van der Waals surface area (Å²) in [5.41, 5.74) is 1.42. The lowest BCUT2D eigenvalue weighted by Crippen LogP contribution is -2.48. The predicted octanol–water partition coefficient (Wildman–Crippen LogP) is 1.06. The molecule has 0 aliphatic carbocycles. The SMILES string of the molecule is COc1ccc(CCNc2nccc(C(=O)N3CCN(C=O)CC3)n2)cc1OC. The van der Waals surface area contributed by atoms with Crippen LogP contribution < -0.4 is 14.8 Å². The summed E-state index contributed by atoms with van der Waals surface area (Å²) in [6.07, 6.45) is 3.11. The molecule has 0 spiro atoms. The molecule has 1 N–H and O–H groups in total. The zero-order chi connectivity index (χ0) is 20.6. The number of carbonyl (C=O) groups is 2. The summed E-state index contributed by atoms with van der Waals surface area (Å²) in [5, 5.41) is 3.15. The third-order valence-electron chi connectivity index (χ3n) is 4.77. The summed E-state index contributed by atoms with van der Waals surface area (Å²) in [6, 6.07) is 7.38. The van der Waals surface area contributed by atoms with Crippen molar-refractivity contribution < 1.29 is 19.1 Å². The van der Waals surface area contributed by atoms with E-state index in [0.717, 1.165) is 18.4 Å². The molecule has 9 heteroatoms. The summed E-state index contributed by atoms with van der Waals surface area (Å²) in [6.45, 7) is 2.69. The van der Waals surface area contributed by atoms with Crippen molar-refractivity contribution in [2.45, 2.75) is 6.42 Å². The Labute approximate surface area is 169 Å². The summed E-state index contributed by atoms with van der Waals surface area (Å²) >= 11 is 0. The Bertz CT molecular complexity index is 853. The van der Waals surface area contributed by atoms with Crippen LogP contribution in [0.1, 0.15) is 16.1 Å². The molecule has 29 heavy (non-hydrogen) atoms. The molecule has 0 radical (unpaired) electrons. The van der Waals surface area contributed by atoms with Gasteiger partial charge in [0.2, 0.25) is 12.4 Å². The highest BCUT2D eigenvalue weighted by atomic mass is 16.5. The van der Waals surface area contributed by atoms with Gasteiger partial charge in [-0.2, -0.15) is 0 Å². The highest BCUT2D eigenvalue weighted by molar-refractivity contribution is 5.92. The minimum absolute atomic E-state index is 0.152. The molecule has 9 nitrogen and oxygen atoms in total. The Balaban J connectivity index is 1.56. The van der Waals surface area contributed by atoms with E-state index in [1.165, 1.54) is 0 Å². The minimum Gasteiger partial charge on any atom is -0.493 e. The standard InChI is InChI=1S/C20H25N5O4/c1-28-17-4-3-15(13-18(17)29-2)5-7-21-20-22-8-6-16(23-20)19(27)25-11-9-24(14-26)10-12-25/h3-4,6,8,13-14H,5,7,9-12H2,1-2H3,(H,21,22,23). The van der Waals surface area contributed by atoms with Gasteiger partial charge in [0.15, 0.2) is 11.5 Å². The number of hydrogen-bond donors (Lipinski definition) is 1. The zero-order valence-corrected chi connectivity index (χ0v) is 16.6. The van der Waals surface area contributed by atoms with Gasteiger partial charge in [-0.1, -0.05) is 6.07 Å². The molecule has 2 heterocycles. The Morgan fingerprint density at radius 3 is 2.59 bits per heavy atom. The number of ether oxygens (including phenoxy) is 2. The number of aromatic nitrogens is 2. The molecule has 154 valence electrons. The van der Waals surface area contributed by atoms with Crippen LogP contribution in [0.3, 0.4) is 0 Å². The summed E-state index contributed by atoms with van der Waals surface area (Å²) in [4.78, 5) is 35.3.